The lowest BCUT2D eigenvalue weighted by Crippen LogP contribution is -2.34. The lowest BCUT2D eigenvalue weighted by atomic mass is 10.1. The number of H-pyrrole nitrogens is 1. The predicted octanol–water partition coefficient (Wildman–Crippen LogP) is 3.32. The van der Waals surface area contributed by atoms with Crippen LogP contribution in [0.3, 0.4) is 0 Å². The molecule has 0 spiro atoms. The van der Waals surface area contributed by atoms with Gasteiger partial charge >= 0.3 is 5.69 Å². The summed E-state index contributed by atoms with van der Waals surface area (Å²) in [6, 6.07) is 12.4. The zero-order chi connectivity index (χ0) is 27.2. The molecule has 0 saturated heterocycles. The van der Waals surface area contributed by atoms with Crippen LogP contribution >= 0.6 is 34.5 Å². The van der Waals surface area contributed by atoms with Crippen LogP contribution in [0.2, 0.25) is 9.36 Å². The number of nitrogens with one attached hydrogen (secondary N) is 1. The number of aliphatic imine (C=N–C) groups is 1. The number of thiophene rings is 1. The van der Waals surface area contributed by atoms with E-state index in [9.17, 15) is 22.8 Å². The lowest BCUT2D eigenvalue weighted by molar-refractivity contribution is -0.116. The van der Waals surface area contributed by atoms with Crippen molar-refractivity contribution in [3.05, 3.63) is 89.9 Å². The van der Waals surface area contributed by atoms with Gasteiger partial charge in [-0.2, -0.15) is 0 Å². The normalized spacial score (nSPS) is 13.8. The number of sulfone groups is 1. The van der Waals surface area contributed by atoms with E-state index >= 15 is 0 Å². The highest BCUT2D eigenvalue weighted by Crippen LogP contribution is 2.27. The van der Waals surface area contributed by atoms with Crippen molar-refractivity contribution in [1.29, 1.82) is 0 Å². The summed E-state index contributed by atoms with van der Waals surface area (Å²) in [6.07, 6.45) is -0.192. The van der Waals surface area contributed by atoms with Gasteiger partial charge in [-0.25, -0.2) is 17.8 Å². The number of fused-ring (bicyclic) bond motifs is 1. The molecule has 2 aromatic carbocycles. The van der Waals surface area contributed by atoms with E-state index in [4.69, 9.17) is 23.2 Å². The van der Waals surface area contributed by atoms with E-state index < -0.39 is 32.6 Å². The molecule has 1 aliphatic heterocycles. The highest BCUT2D eigenvalue weighted by atomic mass is 35.5. The average molecular weight is 591 g/mol. The zero-order valence-corrected chi connectivity index (χ0v) is 23.0. The molecule has 4 aromatic rings. The van der Waals surface area contributed by atoms with Crippen LogP contribution in [0.5, 0.6) is 0 Å². The fourth-order valence-corrected chi connectivity index (χ4v) is 7.39. The first kappa shape index (κ1) is 26.4. The monoisotopic (exact) mass is 590 g/mol. The fraction of sp³-hybridized carbons (Fsp3) is 0.200. The number of nitrogens with zero attached hydrogens (tertiary/aromatic N) is 3. The summed E-state index contributed by atoms with van der Waals surface area (Å²) in [6.45, 7) is 1.48. The van der Waals surface area contributed by atoms with Crippen molar-refractivity contribution in [2.24, 2.45) is 4.99 Å². The van der Waals surface area contributed by atoms with Crippen LogP contribution in [0.15, 0.2) is 67.3 Å². The van der Waals surface area contributed by atoms with Crippen molar-refractivity contribution in [3.63, 3.8) is 0 Å². The molecule has 5 rings (SSSR count). The number of aromatic nitrogens is 2. The molecule has 3 heterocycles. The number of carbonyl (C=O) groups is 1. The first-order valence-electron chi connectivity index (χ1n) is 11.4. The van der Waals surface area contributed by atoms with E-state index in [1.54, 1.807) is 18.2 Å². The second-order valence-electron chi connectivity index (χ2n) is 8.78. The molecule has 1 N–H and O–H groups in total. The number of amidine groups is 1. The van der Waals surface area contributed by atoms with Crippen LogP contribution in [-0.4, -0.2) is 60.4 Å². The van der Waals surface area contributed by atoms with Gasteiger partial charge < -0.3 is 9.88 Å². The second kappa shape index (κ2) is 10.1. The first-order valence-corrected chi connectivity index (χ1v) is 14.6. The summed E-state index contributed by atoms with van der Waals surface area (Å²) in [5.41, 5.74) is 0.529. The van der Waals surface area contributed by atoms with Gasteiger partial charge in [0.25, 0.3) is 5.56 Å². The molecule has 13 heteroatoms. The summed E-state index contributed by atoms with van der Waals surface area (Å²) >= 11 is 13.1. The average Bonchev–Trinajstić information content (AvgIpc) is 3.48. The molecule has 2 aromatic heterocycles. The molecule has 0 fully saturated rings. The highest BCUT2D eigenvalue weighted by Gasteiger charge is 2.22. The van der Waals surface area contributed by atoms with Crippen molar-refractivity contribution >= 4 is 66.9 Å². The maximum absolute atomic E-state index is 13.3. The fourth-order valence-electron chi connectivity index (χ4n) is 4.29. The summed E-state index contributed by atoms with van der Waals surface area (Å²) in [5, 5.41) is 0.359. The SMILES string of the molecule is CN1CCN=C1c1ccc2c(=O)n(-c3ccc(CC(=O)CS(=O)(=O)c4ccc(Cl)s4)cc3Cl)c(=O)[nH]c2c1. The van der Waals surface area contributed by atoms with Crippen LogP contribution in [-0.2, 0) is 21.1 Å². The molecule has 0 unspecified atom stereocenters. The van der Waals surface area contributed by atoms with Crippen molar-refractivity contribution in [3.8, 4) is 5.69 Å². The molecule has 0 saturated carbocycles. The molecule has 0 bridgehead atoms. The Morgan fingerprint density at radius 2 is 1.89 bits per heavy atom. The van der Waals surface area contributed by atoms with E-state index in [0.717, 1.165) is 33.8 Å². The third-order valence-electron chi connectivity index (χ3n) is 6.07. The van der Waals surface area contributed by atoms with E-state index in [2.05, 4.69) is 9.98 Å². The van der Waals surface area contributed by atoms with Crippen molar-refractivity contribution in [2.45, 2.75) is 10.6 Å². The molecule has 196 valence electrons. The summed E-state index contributed by atoms with van der Waals surface area (Å²) in [7, 11) is -1.89. The number of hydrogen-bond acceptors (Lipinski definition) is 8. The Kier molecular flexibility index (Phi) is 7.03. The molecule has 38 heavy (non-hydrogen) atoms. The van der Waals surface area contributed by atoms with Gasteiger partial charge in [0.2, 0.25) is 0 Å². The van der Waals surface area contributed by atoms with Crippen molar-refractivity contribution in [2.75, 3.05) is 25.9 Å². The van der Waals surface area contributed by atoms with Crippen LogP contribution < -0.4 is 11.2 Å². The summed E-state index contributed by atoms with van der Waals surface area (Å²) in [4.78, 5) is 47.9. The Balaban J connectivity index is 1.42. The number of Topliss-reactive ketones (excluding diaryl/α,β-unsaturated/α-hetero) is 1. The second-order valence-corrected chi connectivity index (χ2v) is 13.1. The van der Waals surface area contributed by atoms with Crippen LogP contribution in [0, 0.1) is 0 Å². The van der Waals surface area contributed by atoms with E-state index in [1.807, 2.05) is 11.9 Å². The van der Waals surface area contributed by atoms with Gasteiger partial charge in [-0.3, -0.25) is 14.6 Å². The van der Waals surface area contributed by atoms with Gasteiger partial charge in [0.05, 0.1) is 32.5 Å². The molecule has 0 aliphatic carbocycles. The lowest BCUT2D eigenvalue weighted by Gasteiger charge is -2.14. The van der Waals surface area contributed by atoms with Gasteiger partial charge in [0, 0.05) is 25.6 Å². The number of halogens is 2. The third kappa shape index (κ3) is 5.06. The molecule has 1 aliphatic rings. The largest absolute Gasteiger partial charge is 0.358 e. The van der Waals surface area contributed by atoms with Gasteiger partial charge in [-0.15, -0.1) is 11.3 Å². The Hall–Kier alpha value is -3.25. The Morgan fingerprint density at radius 3 is 2.55 bits per heavy atom. The van der Waals surface area contributed by atoms with Crippen LogP contribution in [0.25, 0.3) is 16.6 Å². The van der Waals surface area contributed by atoms with Crippen molar-refractivity contribution in [1.82, 2.24) is 14.5 Å². The minimum atomic E-state index is -3.81. The Labute approximate surface area is 230 Å². The smallest absolute Gasteiger partial charge is 0.333 e. The van der Waals surface area contributed by atoms with E-state index in [-0.39, 0.29) is 21.3 Å². The molecular formula is C25H20Cl2N4O5S2. The zero-order valence-electron chi connectivity index (χ0n) is 19.9. The molecular weight excluding hydrogens is 571 g/mol. The van der Waals surface area contributed by atoms with Gasteiger partial charge in [-0.1, -0.05) is 35.3 Å². The van der Waals surface area contributed by atoms with E-state index in [0.29, 0.717) is 27.3 Å². The van der Waals surface area contributed by atoms with Gasteiger partial charge in [-0.05, 0) is 42.0 Å². The maximum atomic E-state index is 13.3. The minimum absolute atomic E-state index is 0.0227. The molecule has 0 radical (unpaired) electrons. The number of rotatable bonds is 7. The van der Waals surface area contributed by atoms with Gasteiger partial charge in [0.15, 0.2) is 15.6 Å². The Morgan fingerprint density at radius 1 is 1.11 bits per heavy atom. The number of likely N-dealkylation sites (N-methyl/N-ethyl adjacent to an activating group) is 1. The standard InChI is InChI=1S/C25H20Cl2N4O5S2/c1-30-9-8-28-23(30)15-3-4-17-19(12-15)29-25(34)31(24(17)33)20-5-2-14(11-18(20)26)10-16(32)13-38(35,36)22-7-6-21(27)37-22/h2-7,11-12H,8-10,13H2,1H3,(H,29,34). The minimum Gasteiger partial charge on any atom is -0.358 e. The summed E-state index contributed by atoms with van der Waals surface area (Å²) < 4.78 is 26.2. The summed E-state index contributed by atoms with van der Waals surface area (Å²) in [5.74, 6) is -0.429. The third-order valence-corrected chi connectivity index (χ3v) is 9.87. The van der Waals surface area contributed by atoms with Crippen LogP contribution in [0.1, 0.15) is 11.1 Å². The number of benzene rings is 2. The topological polar surface area (TPSA) is 122 Å². The quantitative estimate of drug-likeness (QED) is 0.352. The predicted molar refractivity (Wildman–Crippen MR) is 149 cm³/mol. The molecule has 0 atom stereocenters. The van der Waals surface area contributed by atoms with Crippen LogP contribution in [0.4, 0.5) is 0 Å². The van der Waals surface area contributed by atoms with Crippen molar-refractivity contribution < 1.29 is 13.2 Å². The Bertz CT molecular complexity index is 1860. The number of ketones is 1. The molecule has 0 amide bonds. The van der Waals surface area contributed by atoms with Gasteiger partial charge in [0.1, 0.15) is 15.8 Å². The maximum Gasteiger partial charge on any atom is 0.333 e. The van der Waals surface area contributed by atoms with E-state index in [1.165, 1.54) is 30.3 Å². The first-order chi connectivity index (χ1) is 18.0. The number of aromatic amines is 1. The number of hydrogen-bond donors (Lipinski definition) is 1. The highest BCUT2D eigenvalue weighted by molar-refractivity contribution is 7.94. The number of carbonyl (C=O) groups excluding carboxylic acids is 1. The molecule has 9 nitrogen and oxygen atoms in total.